The van der Waals surface area contributed by atoms with Crippen molar-refractivity contribution >= 4 is 5.91 Å². The molecule has 0 saturated carbocycles. The van der Waals surface area contributed by atoms with Crippen LogP contribution in [0.4, 0.5) is 13.2 Å². The molecule has 0 saturated heterocycles. The first-order chi connectivity index (χ1) is 9.22. The molecule has 1 aromatic rings. The molecule has 5 nitrogen and oxygen atoms in total. The molecular formula is C12H13F3N2O3. The van der Waals surface area contributed by atoms with Crippen molar-refractivity contribution in [3.63, 3.8) is 0 Å². The molecule has 1 aromatic carbocycles. The van der Waals surface area contributed by atoms with Gasteiger partial charge in [-0.2, -0.15) is 13.2 Å². The molecule has 0 aliphatic carbocycles. The Bertz CT molecular complexity index is 533. The molecule has 0 radical (unpaired) electrons. The van der Waals surface area contributed by atoms with E-state index in [0.29, 0.717) is 11.5 Å². The number of nitrogens with two attached hydrogens (primary N) is 1. The molecule has 1 heterocycles. The standard InChI is InChI=1S/C12H13F3N2O3/c1-11(10(16)18,17-5-12(13,14)15)7-2-3-8-9(4-7)20-6-19-8/h2-4,17H,5-6H2,1H3,(H2,16,18). The Balaban J connectivity index is 2.30. The number of carbonyl (C=O) groups is 1. The molecule has 0 aromatic heterocycles. The van der Waals surface area contributed by atoms with Gasteiger partial charge < -0.3 is 15.2 Å². The minimum absolute atomic E-state index is 0.0298. The van der Waals surface area contributed by atoms with Crippen molar-refractivity contribution in [3.05, 3.63) is 23.8 Å². The minimum Gasteiger partial charge on any atom is -0.454 e. The van der Waals surface area contributed by atoms with E-state index in [0.717, 1.165) is 0 Å². The zero-order chi connectivity index (χ0) is 15.0. The van der Waals surface area contributed by atoms with Gasteiger partial charge in [-0.25, -0.2) is 0 Å². The molecule has 1 unspecified atom stereocenters. The van der Waals surface area contributed by atoms with Gasteiger partial charge in [0.15, 0.2) is 11.5 Å². The van der Waals surface area contributed by atoms with Crippen molar-refractivity contribution in [3.8, 4) is 11.5 Å². The first-order valence-electron chi connectivity index (χ1n) is 5.74. The van der Waals surface area contributed by atoms with Gasteiger partial charge in [-0.05, 0) is 24.6 Å². The fraction of sp³-hybridized carbons (Fsp3) is 0.417. The number of nitrogens with one attached hydrogen (secondary N) is 1. The molecule has 110 valence electrons. The van der Waals surface area contributed by atoms with E-state index >= 15 is 0 Å². The van der Waals surface area contributed by atoms with Crippen molar-refractivity contribution in [2.75, 3.05) is 13.3 Å². The summed E-state index contributed by atoms with van der Waals surface area (Å²) in [5, 5.41) is 2.15. The summed E-state index contributed by atoms with van der Waals surface area (Å²) in [6, 6.07) is 4.44. The first-order valence-corrected chi connectivity index (χ1v) is 5.74. The molecule has 1 aliphatic rings. The van der Waals surface area contributed by atoms with Gasteiger partial charge >= 0.3 is 6.18 Å². The van der Waals surface area contributed by atoms with Crippen LogP contribution in [0.3, 0.4) is 0 Å². The number of halogens is 3. The maximum absolute atomic E-state index is 12.3. The average molecular weight is 290 g/mol. The highest BCUT2D eigenvalue weighted by Crippen LogP contribution is 2.35. The number of carbonyl (C=O) groups excluding carboxylic acids is 1. The second-order valence-electron chi connectivity index (χ2n) is 4.53. The summed E-state index contributed by atoms with van der Waals surface area (Å²) in [4.78, 5) is 11.6. The summed E-state index contributed by atoms with van der Waals surface area (Å²) < 4.78 is 47.2. The fourth-order valence-corrected chi connectivity index (χ4v) is 1.82. The van der Waals surface area contributed by atoms with Gasteiger partial charge in [-0.3, -0.25) is 10.1 Å². The van der Waals surface area contributed by atoms with Gasteiger partial charge in [0.1, 0.15) is 5.54 Å². The van der Waals surface area contributed by atoms with Crippen LogP contribution in [-0.2, 0) is 10.3 Å². The summed E-state index contributed by atoms with van der Waals surface area (Å²) in [5.41, 5.74) is 3.86. The Kier molecular flexibility index (Phi) is 3.51. The number of fused-ring (bicyclic) bond motifs is 1. The lowest BCUT2D eigenvalue weighted by atomic mass is 9.90. The Morgan fingerprint density at radius 1 is 1.35 bits per heavy atom. The molecule has 1 atom stereocenters. The number of hydrogen-bond acceptors (Lipinski definition) is 4. The van der Waals surface area contributed by atoms with Crippen molar-refractivity contribution in [2.24, 2.45) is 5.73 Å². The zero-order valence-corrected chi connectivity index (χ0v) is 10.6. The average Bonchev–Trinajstić information content (AvgIpc) is 2.81. The molecule has 8 heteroatoms. The highest BCUT2D eigenvalue weighted by molar-refractivity contribution is 5.86. The number of primary amides is 1. The number of benzene rings is 1. The van der Waals surface area contributed by atoms with Crippen molar-refractivity contribution < 1.29 is 27.4 Å². The van der Waals surface area contributed by atoms with E-state index in [1.54, 1.807) is 0 Å². The second-order valence-corrected chi connectivity index (χ2v) is 4.53. The van der Waals surface area contributed by atoms with E-state index in [2.05, 4.69) is 5.32 Å². The number of ether oxygens (including phenoxy) is 2. The maximum atomic E-state index is 12.3. The minimum atomic E-state index is -4.45. The van der Waals surface area contributed by atoms with Gasteiger partial charge in [0, 0.05) is 0 Å². The number of hydrogen-bond donors (Lipinski definition) is 2. The van der Waals surface area contributed by atoms with E-state index in [1.807, 2.05) is 0 Å². The summed E-state index contributed by atoms with van der Waals surface area (Å²) in [6.45, 7) is -0.0124. The van der Waals surface area contributed by atoms with Crippen molar-refractivity contribution in [1.82, 2.24) is 5.32 Å². The smallest absolute Gasteiger partial charge is 0.401 e. The zero-order valence-electron chi connectivity index (χ0n) is 10.6. The molecule has 0 fully saturated rings. The Morgan fingerprint density at radius 3 is 2.60 bits per heavy atom. The summed E-state index contributed by atoms with van der Waals surface area (Å²) in [5.74, 6) is -0.0826. The third-order valence-electron chi connectivity index (χ3n) is 3.09. The number of alkyl halides is 3. The van der Waals surface area contributed by atoms with Crippen LogP contribution in [0.2, 0.25) is 0 Å². The lowest BCUT2D eigenvalue weighted by Gasteiger charge is -2.28. The summed E-state index contributed by atoms with van der Waals surface area (Å²) >= 11 is 0. The van der Waals surface area contributed by atoms with Crippen LogP contribution >= 0.6 is 0 Å². The Labute approximate surface area is 112 Å². The van der Waals surface area contributed by atoms with Crippen molar-refractivity contribution in [2.45, 2.75) is 18.6 Å². The van der Waals surface area contributed by atoms with Crippen LogP contribution in [0.25, 0.3) is 0 Å². The monoisotopic (exact) mass is 290 g/mol. The van der Waals surface area contributed by atoms with Crippen LogP contribution in [0, 0.1) is 0 Å². The molecular weight excluding hydrogens is 277 g/mol. The van der Waals surface area contributed by atoms with E-state index < -0.39 is 24.2 Å². The van der Waals surface area contributed by atoms with E-state index in [-0.39, 0.29) is 12.4 Å². The molecule has 0 spiro atoms. The molecule has 1 amide bonds. The number of rotatable bonds is 4. The second kappa shape index (κ2) is 4.86. The van der Waals surface area contributed by atoms with Gasteiger partial charge in [0.2, 0.25) is 12.7 Å². The van der Waals surface area contributed by atoms with Crippen LogP contribution in [-0.4, -0.2) is 25.4 Å². The lowest BCUT2D eigenvalue weighted by molar-refractivity contribution is -0.135. The van der Waals surface area contributed by atoms with Crippen LogP contribution in [0.1, 0.15) is 12.5 Å². The van der Waals surface area contributed by atoms with Gasteiger partial charge in [-0.1, -0.05) is 6.07 Å². The van der Waals surface area contributed by atoms with Gasteiger partial charge in [0.25, 0.3) is 0 Å². The molecule has 3 N–H and O–H groups in total. The lowest BCUT2D eigenvalue weighted by Crippen LogP contribution is -2.53. The van der Waals surface area contributed by atoms with Crippen LogP contribution in [0.15, 0.2) is 18.2 Å². The highest BCUT2D eigenvalue weighted by atomic mass is 19.4. The topological polar surface area (TPSA) is 73.6 Å². The van der Waals surface area contributed by atoms with Crippen molar-refractivity contribution in [1.29, 1.82) is 0 Å². The largest absolute Gasteiger partial charge is 0.454 e. The molecule has 0 bridgehead atoms. The molecule has 1 aliphatic heterocycles. The SMILES string of the molecule is CC(NCC(F)(F)F)(C(N)=O)c1ccc2c(c1)OCO2. The summed E-state index contributed by atoms with van der Waals surface area (Å²) in [7, 11) is 0. The molecule has 20 heavy (non-hydrogen) atoms. The predicted octanol–water partition coefficient (Wildman–Crippen LogP) is 1.27. The first kappa shape index (κ1) is 14.4. The van der Waals surface area contributed by atoms with Gasteiger partial charge in [-0.15, -0.1) is 0 Å². The predicted molar refractivity (Wildman–Crippen MR) is 63.2 cm³/mol. The molecule has 2 rings (SSSR count). The third-order valence-corrected chi connectivity index (χ3v) is 3.09. The Morgan fingerprint density at radius 2 is 2.00 bits per heavy atom. The quantitative estimate of drug-likeness (QED) is 0.875. The third kappa shape index (κ3) is 2.79. The van der Waals surface area contributed by atoms with E-state index in [1.165, 1.54) is 25.1 Å². The van der Waals surface area contributed by atoms with Gasteiger partial charge in [0.05, 0.1) is 6.54 Å². The Hall–Kier alpha value is -1.96. The number of amides is 1. The highest BCUT2D eigenvalue weighted by Gasteiger charge is 2.38. The van der Waals surface area contributed by atoms with Crippen LogP contribution in [0.5, 0.6) is 11.5 Å². The van der Waals surface area contributed by atoms with E-state index in [9.17, 15) is 18.0 Å². The maximum Gasteiger partial charge on any atom is 0.401 e. The summed E-state index contributed by atoms with van der Waals surface area (Å²) in [6.07, 6.45) is -4.45. The van der Waals surface area contributed by atoms with Crippen LogP contribution < -0.4 is 20.5 Å². The van der Waals surface area contributed by atoms with E-state index in [4.69, 9.17) is 15.2 Å². The normalized spacial score (nSPS) is 16.8. The fourth-order valence-electron chi connectivity index (χ4n) is 1.82.